The Kier molecular flexibility index (Phi) is 5.44. The van der Waals surface area contributed by atoms with Crippen LogP contribution in [0.1, 0.15) is 44.9 Å². The van der Waals surface area contributed by atoms with Crippen LogP contribution in [-0.4, -0.2) is 71.9 Å². The second-order valence-electron chi connectivity index (χ2n) is 9.83. The van der Waals surface area contributed by atoms with Crippen molar-refractivity contribution in [2.24, 2.45) is 11.3 Å². The summed E-state index contributed by atoms with van der Waals surface area (Å²) >= 11 is 0. The van der Waals surface area contributed by atoms with Gasteiger partial charge in [-0.05, 0) is 56.1 Å². The Bertz CT molecular complexity index is 755. The number of carbonyl (C=O) groups is 2. The molecule has 1 N–H and O–H groups in total. The number of para-hydroxylation sites is 1. The fourth-order valence-corrected chi connectivity index (χ4v) is 5.79. The first-order chi connectivity index (χ1) is 14.6. The van der Waals surface area contributed by atoms with E-state index in [1.54, 1.807) is 0 Å². The van der Waals surface area contributed by atoms with Gasteiger partial charge in [0, 0.05) is 56.9 Å². The smallest absolute Gasteiger partial charge is 0.321 e. The largest absolute Gasteiger partial charge is 0.340 e. The molecule has 6 heteroatoms. The third-order valence-corrected chi connectivity index (χ3v) is 8.06. The summed E-state index contributed by atoms with van der Waals surface area (Å²) in [6.07, 6.45) is 8.15. The van der Waals surface area contributed by atoms with E-state index in [1.165, 1.54) is 19.3 Å². The SMILES string of the molecule is O=C(Nc1ccccc1)N1CCC2(CC1)CC(C(=O)N1CCN(C3CCC3)CC1)C2. The van der Waals surface area contributed by atoms with Gasteiger partial charge in [0.1, 0.15) is 0 Å². The number of carbonyl (C=O) groups excluding carboxylic acids is 2. The van der Waals surface area contributed by atoms with Crippen LogP contribution in [0.3, 0.4) is 0 Å². The number of amides is 3. The van der Waals surface area contributed by atoms with Crippen LogP contribution >= 0.6 is 0 Å². The number of nitrogens with zero attached hydrogens (tertiary/aromatic N) is 3. The third kappa shape index (κ3) is 3.94. The molecule has 30 heavy (non-hydrogen) atoms. The van der Waals surface area contributed by atoms with E-state index in [2.05, 4.69) is 15.1 Å². The summed E-state index contributed by atoms with van der Waals surface area (Å²) in [5.74, 6) is 0.600. The van der Waals surface area contributed by atoms with Crippen molar-refractivity contribution in [1.29, 1.82) is 0 Å². The summed E-state index contributed by atoms with van der Waals surface area (Å²) in [4.78, 5) is 32.1. The Morgan fingerprint density at radius 3 is 2.13 bits per heavy atom. The van der Waals surface area contributed by atoms with E-state index in [0.29, 0.717) is 5.91 Å². The van der Waals surface area contributed by atoms with E-state index in [1.807, 2.05) is 35.2 Å². The predicted octanol–water partition coefficient (Wildman–Crippen LogP) is 3.41. The molecule has 2 saturated carbocycles. The average Bonchev–Trinajstić information content (AvgIpc) is 2.72. The highest BCUT2D eigenvalue weighted by Gasteiger charge is 2.50. The zero-order valence-electron chi connectivity index (χ0n) is 17.9. The number of benzene rings is 1. The molecular weight excluding hydrogens is 376 g/mol. The number of likely N-dealkylation sites (tertiary alicyclic amines) is 1. The van der Waals surface area contributed by atoms with Crippen LogP contribution in [-0.2, 0) is 4.79 Å². The number of anilines is 1. The molecule has 0 atom stereocenters. The van der Waals surface area contributed by atoms with E-state index in [4.69, 9.17) is 0 Å². The zero-order chi connectivity index (χ0) is 20.6. The van der Waals surface area contributed by atoms with Gasteiger partial charge in [0.15, 0.2) is 0 Å². The van der Waals surface area contributed by atoms with Crippen LogP contribution in [0.4, 0.5) is 10.5 Å². The lowest BCUT2D eigenvalue weighted by Gasteiger charge is -2.53. The van der Waals surface area contributed by atoms with E-state index in [9.17, 15) is 9.59 Å². The molecule has 2 saturated heterocycles. The van der Waals surface area contributed by atoms with Crippen LogP contribution in [0.5, 0.6) is 0 Å². The third-order valence-electron chi connectivity index (χ3n) is 8.06. The lowest BCUT2D eigenvalue weighted by atomic mass is 9.57. The molecule has 6 nitrogen and oxygen atoms in total. The van der Waals surface area contributed by atoms with Crippen molar-refractivity contribution < 1.29 is 9.59 Å². The first-order valence-corrected chi connectivity index (χ1v) is 11.8. The number of nitrogens with one attached hydrogen (secondary N) is 1. The average molecular weight is 411 g/mol. The molecular formula is C24H34N4O2. The molecule has 0 radical (unpaired) electrons. The highest BCUT2D eigenvalue weighted by Crippen LogP contribution is 2.53. The number of piperidine rings is 1. The summed E-state index contributed by atoms with van der Waals surface area (Å²) in [6.45, 7) is 5.51. The molecule has 2 aliphatic heterocycles. The van der Waals surface area contributed by atoms with Crippen molar-refractivity contribution >= 4 is 17.6 Å². The molecule has 1 aromatic rings. The molecule has 1 aromatic carbocycles. The normalized spacial score (nSPS) is 24.9. The predicted molar refractivity (Wildman–Crippen MR) is 117 cm³/mol. The molecule has 0 unspecified atom stereocenters. The van der Waals surface area contributed by atoms with Crippen LogP contribution in [0, 0.1) is 11.3 Å². The minimum atomic E-state index is -0.00710. The Hall–Kier alpha value is -2.08. The van der Waals surface area contributed by atoms with Gasteiger partial charge in [-0.25, -0.2) is 4.79 Å². The topological polar surface area (TPSA) is 55.9 Å². The lowest BCUT2D eigenvalue weighted by Crippen LogP contribution is -2.57. The standard InChI is InChI=1S/C24H34N4O2/c29-22(27-15-13-26(14-16-27)21-7-4-8-21)19-17-24(18-19)9-11-28(12-10-24)23(30)25-20-5-2-1-3-6-20/h1-3,5-6,19,21H,4,7-18H2,(H,25,30). The second-order valence-corrected chi connectivity index (χ2v) is 9.83. The molecule has 4 aliphatic rings. The van der Waals surface area contributed by atoms with Gasteiger partial charge in [-0.2, -0.15) is 0 Å². The number of rotatable bonds is 3. The highest BCUT2D eigenvalue weighted by atomic mass is 16.2. The maximum atomic E-state index is 13.0. The summed E-state index contributed by atoms with van der Waals surface area (Å²) in [5.41, 5.74) is 1.13. The number of hydrogen-bond donors (Lipinski definition) is 1. The van der Waals surface area contributed by atoms with E-state index >= 15 is 0 Å². The van der Waals surface area contributed by atoms with Gasteiger partial charge in [0.2, 0.25) is 5.91 Å². The van der Waals surface area contributed by atoms with E-state index < -0.39 is 0 Å². The second kappa shape index (κ2) is 8.22. The first-order valence-electron chi connectivity index (χ1n) is 11.8. The van der Waals surface area contributed by atoms with Crippen molar-refractivity contribution in [3.63, 3.8) is 0 Å². The quantitative estimate of drug-likeness (QED) is 0.831. The number of piperazine rings is 1. The molecule has 3 amide bonds. The van der Waals surface area contributed by atoms with Crippen LogP contribution in [0.25, 0.3) is 0 Å². The van der Waals surface area contributed by atoms with Gasteiger partial charge in [-0.1, -0.05) is 24.6 Å². The minimum absolute atomic E-state index is 0.00710. The molecule has 5 rings (SSSR count). The van der Waals surface area contributed by atoms with Crippen LogP contribution < -0.4 is 5.32 Å². The Labute approximate surface area is 179 Å². The maximum absolute atomic E-state index is 13.0. The monoisotopic (exact) mass is 410 g/mol. The van der Waals surface area contributed by atoms with Crippen molar-refractivity contribution in [2.75, 3.05) is 44.6 Å². The van der Waals surface area contributed by atoms with E-state index in [-0.39, 0.29) is 17.4 Å². The fraction of sp³-hybridized carbons (Fsp3) is 0.667. The Balaban J connectivity index is 1.05. The highest BCUT2D eigenvalue weighted by molar-refractivity contribution is 5.89. The number of hydrogen-bond acceptors (Lipinski definition) is 3. The molecule has 162 valence electrons. The van der Waals surface area contributed by atoms with Gasteiger partial charge >= 0.3 is 6.03 Å². The number of urea groups is 1. The molecule has 2 heterocycles. The lowest BCUT2D eigenvalue weighted by molar-refractivity contribution is -0.147. The molecule has 0 aromatic heterocycles. The molecule has 4 fully saturated rings. The van der Waals surface area contributed by atoms with Gasteiger partial charge < -0.3 is 15.1 Å². The minimum Gasteiger partial charge on any atom is -0.340 e. The first kappa shape index (κ1) is 19.9. The van der Waals surface area contributed by atoms with Crippen molar-refractivity contribution in [1.82, 2.24) is 14.7 Å². The van der Waals surface area contributed by atoms with Crippen LogP contribution in [0.2, 0.25) is 0 Å². The van der Waals surface area contributed by atoms with Gasteiger partial charge in [-0.3, -0.25) is 9.69 Å². The Morgan fingerprint density at radius 1 is 0.867 bits per heavy atom. The maximum Gasteiger partial charge on any atom is 0.321 e. The van der Waals surface area contributed by atoms with Crippen molar-refractivity contribution in [3.8, 4) is 0 Å². The summed E-state index contributed by atoms with van der Waals surface area (Å²) in [6, 6.07) is 10.4. The fourth-order valence-electron chi connectivity index (χ4n) is 5.79. The van der Waals surface area contributed by atoms with Gasteiger partial charge in [0.05, 0.1) is 0 Å². The molecule has 1 spiro atoms. The summed E-state index contributed by atoms with van der Waals surface area (Å²) in [7, 11) is 0. The summed E-state index contributed by atoms with van der Waals surface area (Å²) < 4.78 is 0. The molecule has 0 bridgehead atoms. The van der Waals surface area contributed by atoms with Gasteiger partial charge in [0.25, 0.3) is 0 Å². The molecule has 2 aliphatic carbocycles. The van der Waals surface area contributed by atoms with Crippen LogP contribution in [0.15, 0.2) is 30.3 Å². The van der Waals surface area contributed by atoms with Crippen molar-refractivity contribution in [2.45, 2.75) is 51.0 Å². The zero-order valence-corrected chi connectivity index (χ0v) is 17.9. The Morgan fingerprint density at radius 2 is 1.53 bits per heavy atom. The summed E-state index contributed by atoms with van der Waals surface area (Å²) in [5, 5.41) is 2.99. The van der Waals surface area contributed by atoms with E-state index in [0.717, 1.165) is 76.7 Å². The van der Waals surface area contributed by atoms with Crippen molar-refractivity contribution in [3.05, 3.63) is 30.3 Å². The van der Waals surface area contributed by atoms with Gasteiger partial charge in [-0.15, -0.1) is 0 Å².